The van der Waals surface area contributed by atoms with Crippen LogP contribution >= 0.6 is 0 Å². The van der Waals surface area contributed by atoms with Crippen molar-refractivity contribution in [3.63, 3.8) is 0 Å². The van der Waals surface area contributed by atoms with Crippen LogP contribution in [0.2, 0.25) is 0 Å². The second kappa shape index (κ2) is 6.20. The monoisotopic (exact) mass is 328 g/mol. The van der Waals surface area contributed by atoms with Crippen LogP contribution in [0, 0.1) is 0 Å². The van der Waals surface area contributed by atoms with E-state index in [0.717, 1.165) is 24.1 Å². The highest BCUT2D eigenvalue weighted by atomic mass is 16.5. The Kier molecular flexibility index (Phi) is 4.04. The number of para-hydroxylation sites is 1. The molecule has 1 spiro atoms. The lowest BCUT2D eigenvalue weighted by Crippen LogP contribution is -2.56. The first kappa shape index (κ1) is 15.6. The molecule has 5 nitrogen and oxygen atoms in total. The molecular formula is C19H24N2O3. The molecule has 0 atom stereocenters. The first-order valence-corrected chi connectivity index (χ1v) is 8.97. The van der Waals surface area contributed by atoms with E-state index in [9.17, 15) is 9.59 Å². The molecular weight excluding hydrogens is 304 g/mol. The number of rotatable bonds is 2. The average Bonchev–Trinajstić information content (AvgIpc) is 2.91. The molecule has 0 unspecified atom stereocenters. The summed E-state index contributed by atoms with van der Waals surface area (Å²) in [6, 6.07) is 7.74. The molecule has 2 heterocycles. The number of fused-ring (bicyclic) bond motifs is 1. The van der Waals surface area contributed by atoms with Gasteiger partial charge in [0.15, 0.2) is 0 Å². The van der Waals surface area contributed by atoms with Crippen LogP contribution in [0.3, 0.4) is 0 Å². The Morgan fingerprint density at radius 2 is 1.96 bits per heavy atom. The largest absolute Gasteiger partial charge is 0.371 e. The summed E-state index contributed by atoms with van der Waals surface area (Å²) in [5.41, 5.74) is 1.76. The summed E-state index contributed by atoms with van der Waals surface area (Å²) >= 11 is 0. The van der Waals surface area contributed by atoms with Crippen molar-refractivity contribution < 1.29 is 14.3 Å². The van der Waals surface area contributed by atoms with Crippen LogP contribution in [0.1, 0.15) is 37.7 Å². The van der Waals surface area contributed by atoms with E-state index in [1.165, 1.54) is 19.3 Å². The highest BCUT2D eigenvalue weighted by Crippen LogP contribution is 2.35. The van der Waals surface area contributed by atoms with Crippen molar-refractivity contribution in [3.05, 3.63) is 29.8 Å². The maximum atomic E-state index is 12.8. The van der Waals surface area contributed by atoms with Crippen LogP contribution in [0.4, 0.5) is 5.69 Å². The average molecular weight is 328 g/mol. The van der Waals surface area contributed by atoms with Gasteiger partial charge >= 0.3 is 0 Å². The van der Waals surface area contributed by atoms with Crippen LogP contribution in [0.25, 0.3) is 0 Å². The van der Waals surface area contributed by atoms with Gasteiger partial charge in [0.1, 0.15) is 6.54 Å². The van der Waals surface area contributed by atoms with Gasteiger partial charge in [-0.1, -0.05) is 37.5 Å². The molecule has 3 aliphatic rings. The molecule has 24 heavy (non-hydrogen) atoms. The number of benzene rings is 1. The van der Waals surface area contributed by atoms with Gasteiger partial charge in [-0.05, 0) is 24.5 Å². The fourth-order valence-electron chi connectivity index (χ4n) is 4.28. The normalized spacial score (nSPS) is 22.8. The standard InChI is InChI=1S/C19H24N2O3/c22-17-12-15-6-2-3-7-16(15)21(17)13-18(23)20-10-11-24-19(14-20)8-4-1-5-9-19/h2-3,6-7H,1,4-5,8-14H2. The van der Waals surface area contributed by atoms with Crippen molar-refractivity contribution in [1.82, 2.24) is 4.90 Å². The van der Waals surface area contributed by atoms with Gasteiger partial charge in [-0.3, -0.25) is 9.59 Å². The zero-order valence-electron chi connectivity index (χ0n) is 14.0. The molecule has 1 aromatic rings. The van der Waals surface area contributed by atoms with Gasteiger partial charge in [0.05, 0.1) is 18.6 Å². The smallest absolute Gasteiger partial charge is 0.242 e. The van der Waals surface area contributed by atoms with E-state index in [1.54, 1.807) is 4.90 Å². The van der Waals surface area contributed by atoms with Gasteiger partial charge in [0.25, 0.3) is 0 Å². The number of hydrogen-bond acceptors (Lipinski definition) is 3. The topological polar surface area (TPSA) is 49.9 Å². The van der Waals surface area contributed by atoms with E-state index in [-0.39, 0.29) is 24.0 Å². The van der Waals surface area contributed by atoms with Crippen LogP contribution in [0.15, 0.2) is 24.3 Å². The van der Waals surface area contributed by atoms with Gasteiger partial charge in [-0.25, -0.2) is 0 Å². The lowest BCUT2D eigenvalue weighted by atomic mass is 9.83. The van der Waals surface area contributed by atoms with E-state index in [2.05, 4.69) is 0 Å². The lowest BCUT2D eigenvalue weighted by molar-refractivity contribution is -0.155. The number of nitrogens with zero attached hydrogens (tertiary/aromatic N) is 2. The van der Waals surface area contributed by atoms with Crippen molar-refractivity contribution in [2.24, 2.45) is 0 Å². The van der Waals surface area contributed by atoms with Crippen molar-refractivity contribution in [2.75, 3.05) is 31.1 Å². The van der Waals surface area contributed by atoms with E-state index in [4.69, 9.17) is 4.74 Å². The van der Waals surface area contributed by atoms with Crippen molar-refractivity contribution in [3.8, 4) is 0 Å². The zero-order chi connectivity index (χ0) is 16.6. The number of amides is 2. The molecule has 0 N–H and O–H groups in total. The molecule has 2 fully saturated rings. The number of anilines is 1. The molecule has 1 aromatic carbocycles. The summed E-state index contributed by atoms with van der Waals surface area (Å²) in [7, 11) is 0. The van der Waals surface area contributed by atoms with E-state index in [1.807, 2.05) is 29.2 Å². The van der Waals surface area contributed by atoms with Gasteiger partial charge in [-0.15, -0.1) is 0 Å². The molecule has 2 amide bonds. The third-order valence-corrected chi connectivity index (χ3v) is 5.58. The molecule has 5 heteroatoms. The second-order valence-corrected chi connectivity index (χ2v) is 7.19. The molecule has 4 rings (SSSR count). The molecule has 2 aliphatic heterocycles. The van der Waals surface area contributed by atoms with Gasteiger partial charge in [0, 0.05) is 18.8 Å². The minimum absolute atomic E-state index is 0.0187. The minimum atomic E-state index is -0.140. The zero-order valence-corrected chi connectivity index (χ0v) is 14.0. The minimum Gasteiger partial charge on any atom is -0.371 e. The van der Waals surface area contributed by atoms with Crippen molar-refractivity contribution >= 4 is 17.5 Å². The van der Waals surface area contributed by atoms with Gasteiger partial charge < -0.3 is 14.5 Å². The van der Waals surface area contributed by atoms with Crippen molar-refractivity contribution in [1.29, 1.82) is 0 Å². The summed E-state index contributed by atoms with van der Waals surface area (Å²) < 4.78 is 6.06. The summed E-state index contributed by atoms with van der Waals surface area (Å²) in [6.45, 7) is 2.06. The lowest BCUT2D eigenvalue weighted by Gasteiger charge is -2.45. The molecule has 1 saturated carbocycles. The Morgan fingerprint density at radius 3 is 2.79 bits per heavy atom. The van der Waals surface area contributed by atoms with Crippen LogP contribution < -0.4 is 4.90 Å². The van der Waals surface area contributed by atoms with Crippen LogP contribution in [-0.2, 0) is 20.7 Å². The maximum absolute atomic E-state index is 12.8. The quantitative estimate of drug-likeness (QED) is 0.836. The molecule has 0 aromatic heterocycles. The maximum Gasteiger partial charge on any atom is 0.242 e. The Labute approximate surface area is 142 Å². The summed E-state index contributed by atoms with van der Waals surface area (Å²) in [5, 5.41) is 0. The first-order valence-electron chi connectivity index (χ1n) is 8.97. The number of morpholine rings is 1. The SMILES string of the molecule is O=C(CN1C(=O)Cc2ccccc21)N1CCOC2(CCCCC2)C1. The Morgan fingerprint density at radius 1 is 1.17 bits per heavy atom. The van der Waals surface area contributed by atoms with Crippen LogP contribution in [-0.4, -0.2) is 48.6 Å². The molecule has 0 bridgehead atoms. The predicted octanol–water partition coefficient (Wildman–Crippen LogP) is 2.14. The molecule has 1 saturated heterocycles. The van der Waals surface area contributed by atoms with E-state index in [0.29, 0.717) is 26.1 Å². The summed E-state index contributed by atoms with van der Waals surface area (Å²) in [6.07, 6.45) is 6.11. The Hall–Kier alpha value is -1.88. The van der Waals surface area contributed by atoms with Crippen LogP contribution in [0.5, 0.6) is 0 Å². The fourth-order valence-corrected chi connectivity index (χ4v) is 4.28. The molecule has 128 valence electrons. The van der Waals surface area contributed by atoms with E-state index >= 15 is 0 Å². The fraction of sp³-hybridized carbons (Fsp3) is 0.579. The number of carbonyl (C=O) groups is 2. The second-order valence-electron chi connectivity index (χ2n) is 7.19. The van der Waals surface area contributed by atoms with Gasteiger partial charge in [0.2, 0.25) is 11.8 Å². The van der Waals surface area contributed by atoms with E-state index < -0.39 is 0 Å². The third-order valence-electron chi connectivity index (χ3n) is 5.58. The predicted molar refractivity (Wildman–Crippen MR) is 90.8 cm³/mol. The summed E-state index contributed by atoms with van der Waals surface area (Å²) in [4.78, 5) is 28.6. The molecule has 0 radical (unpaired) electrons. The Balaban J connectivity index is 1.45. The summed E-state index contributed by atoms with van der Waals surface area (Å²) in [5.74, 6) is 0.0542. The number of ether oxygens (including phenoxy) is 1. The highest BCUT2D eigenvalue weighted by molar-refractivity contribution is 6.04. The number of carbonyl (C=O) groups excluding carboxylic acids is 2. The Bertz CT molecular complexity index is 646. The van der Waals surface area contributed by atoms with Gasteiger partial charge in [-0.2, -0.15) is 0 Å². The highest BCUT2D eigenvalue weighted by Gasteiger charge is 2.40. The first-order chi connectivity index (χ1) is 11.7. The third kappa shape index (κ3) is 2.81. The van der Waals surface area contributed by atoms with Crippen molar-refractivity contribution in [2.45, 2.75) is 44.1 Å². The number of hydrogen-bond donors (Lipinski definition) is 0. The molecule has 1 aliphatic carbocycles.